The molecule has 1 aliphatic heterocycles. The van der Waals surface area contributed by atoms with Crippen molar-refractivity contribution in [1.29, 1.82) is 0 Å². The van der Waals surface area contributed by atoms with Crippen LogP contribution in [0, 0.1) is 5.92 Å². The molecule has 0 radical (unpaired) electrons. The Morgan fingerprint density at radius 1 is 1.28 bits per heavy atom. The zero-order chi connectivity index (χ0) is 13.1. The molecule has 1 aromatic rings. The van der Waals surface area contributed by atoms with Gasteiger partial charge in [0.1, 0.15) is 5.01 Å². The first-order chi connectivity index (χ1) is 8.65. The summed E-state index contributed by atoms with van der Waals surface area (Å²) in [6.45, 7) is 6.64. The molecule has 0 N–H and O–H groups in total. The number of rotatable bonds is 5. The van der Waals surface area contributed by atoms with Gasteiger partial charge in [0.05, 0.1) is 0 Å². The second-order valence-electron chi connectivity index (χ2n) is 5.32. The molecule has 2 heterocycles. The minimum absolute atomic E-state index is 0.652. The van der Waals surface area contributed by atoms with Crippen LogP contribution in [-0.4, -0.2) is 48.3 Å². The number of nitrogens with zero attached hydrogens (tertiary/aromatic N) is 4. The van der Waals surface area contributed by atoms with E-state index in [2.05, 4.69) is 47.9 Å². The van der Waals surface area contributed by atoms with Gasteiger partial charge in [0.25, 0.3) is 0 Å². The smallest absolute Gasteiger partial charge is 0.208 e. The topological polar surface area (TPSA) is 32.3 Å². The molecule has 0 unspecified atom stereocenters. The summed E-state index contributed by atoms with van der Waals surface area (Å²) in [7, 11) is 4.38. The van der Waals surface area contributed by atoms with Crippen LogP contribution in [0.25, 0.3) is 0 Å². The van der Waals surface area contributed by atoms with E-state index in [4.69, 9.17) is 0 Å². The maximum Gasteiger partial charge on any atom is 0.208 e. The molecule has 4 nitrogen and oxygen atoms in total. The molecule has 5 heteroatoms. The summed E-state index contributed by atoms with van der Waals surface area (Å²) in [5.74, 6) is 0.763. The van der Waals surface area contributed by atoms with Gasteiger partial charge in [-0.05, 0) is 32.9 Å². The predicted molar refractivity (Wildman–Crippen MR) is 77.4 cm³/mol. The molecular weight excluding hydrogens is 244 g/mol. The molecule has 1 aromatic heterocycles. The molecule has 1 aliphatic rings. The quantitative estimate of drug-likeness (QED) is 0.820. The van der Waals surface area contributed by atoms with E-state index in [-0.39, 0.29) is 0 Å². The Bertz CT molecular complexity index is 377. The summed E-state index contributed by atoms with van der Waals surface area (Å²) in [5.41, 5.74) is 0. The summed E-state index contributed by atoms with van der Waals surface area (Å²) >= 11 is 1.75. The molecule has 0 amide bonds. The summed E-state index contributed by atoms with van der Waals surface area (Å²) < 4.78 is 0. The van der Waals surface area contributed by atoms with Crippen LogP contribution in [0.3, 0.4) is 0 Å². The van der Waals surface area contributed by atoms with E-state index in [9.17, 15) is 0 Å². The van der Waals surface area contributed by atoms with Crippen molar-refractivity contribution in [3.63, 3.8) is 0 Å². The number of likely N-dealkylation sites (N-methyl/N-ethyl adjacent to an activating group) is 1. The summed E-state index contributed by atoms with van der Waals surface area (Å²) in [4.78, 5) is 4.78. The Morgan fingerprint density at radius 3 is 2.61 bits per heavy atom. The van der Waals surface area contributed by atoms with Gasteiger partial charge in [-0.1, -0.05) is 31.6 Å². The first-order valence-electron chi connectivity index (χ1n) is 6.89. The van der Waals surface area contributed by atoms with Gasteiger partial charge in [-0.3, -0.25) is 0 Å². The lowest BCUT2D eigenvalue weighted by Crippen LogP contribution is -2.35. The normalized spacial score (nSPS) is 24.2. The third kappa shape index (κ3) is 2.83. The molecule has 1 fully saturated rings. The van der Waals surface area contributed by atoms with Crippen LogP contribution in [0.15, 0.2) is 0 Å². The third-order valence-electron chi connectivity index (χ3n) is 3.76. The molecule has 2 rings (SSSR count). The minimum atomic E-state index is 0.652. The zero-order valence-corrected chi connectivity index (χ0v) is 12.7. The van der Waals surface area contributed by atoms with Crippen molar-refractivity contribution in [2.45, 2.75) is 39.2 Å². The van der Waals surface area contributed by atoms with Crippen LogP contribution < -0.4 is 4.90 Å². The molecule has 102 valence electrons. The van der Waals surface area contributed by atoms with Crippen LogP contribution in [0.2, 0.25) is 0 Å². The maximum atomic E-state index is 4.33. The molecular formula is C13H24N4S. The minimum Gasteiger partial charge on any atom is -0.345 e. The Kier molecular flexibility index (Phi) is 4.56. The Morgan fingerprint density at radius 2 is 2.06 bits per heavy atom. The molecule has 18 heavy (non-hydrogen) atoms. The van der Waals surface area contributed by atoms with Crippen molar-refractivity contribution < 1.29 is 0 Å². The SMILES string of the molecule is CCC[C@@H]1CN(c2nnc(CC)s2)C[C@H]1N(C)C. The molecule has 2 atom stereocenters. The lowest BCUT2D eigenvalue weighted by molar-refractivity contribution is 0.246. The highest BCUT2D eigenvalue weighted by molar-refractivity contribution is 7.15. The van der Waals surface area contributed by atoms with Crippen molar-refractivity contribution in [3.05, 3.63) is 5.01 Å². The summed E-state index contributed by atoms with van der Waals surface area (Å²) in [6.07, 6.45) is 3.55. The zero-order valence-electron chi connectivity index (χ0n) is 11.9. The van der Waals surface area contributed by atoms with Gasteiger partial charge in [-0.25, -0.2) is 0 Å². The van der Waals surface area contributed by atoms with E-state index >= 15 is 0 Å². The van der Waals surface area contributed by atoms with Gasteiger partial charge in [-0.15, -0.1) is 10.2 Å². The van der Waals surface area contributed by atoms with E-state index in [0.717, 1.165) is 35.6 Å². The standard InChI is InChI=1S/C13H24N4S/c1-5-7-10-8-17(9-11(10)16(3)4)13-15-14-12(6-2)18-13/h10-11H,5-9H2,1-4H3/t10-,11-/m1/s1. The number of aromatic nitrogens is 2. The van der Waals surface area contributed by atoms with Crippen molar-refractivity contribution >= 4 is 16.5 Å². The molecule has 0 spiro atoms. The highest BCUT2D eigenvalue weighted by Gasteiger charge is 2.34. The summed E-state index contributed by atoms with van der Waals surface area (Å²) in [6, 6.07) is 0.652. The number of hydrogen-bond donors (Lipinski definition) is 0. The van der Waals surface area contributed by atoms with Crippen molar-refractivity contribution in [1.82, 2.24) is 15.1 Å². The van der Waals surface area contributed by atoms with Gasteiger partial charge in [-0.2, -0.15) is 0 Å². The Balaban J connectivity index is 2.07. The van der Waals surface area contributed by atoms with Crippen molar-refractivity contribution in [2.75, 3.05) is 32.1 Å². The highest BCUT2D eigenvalue weighted by atomic mass is 32.1. The van der Waals surface area contributed by atoms with E-state index in [1.54, 1.807) is 11.3 Å². The lowest BCUT2D eigenvalue weighted by atomic mass is 9.98. The van der Waals surface area contributed by atoms with Crippen LogP contribution >= 0.6 is 11.3 Å². The van der Waals surface area contributed by atoms with Gasteiger partial charge in [0.15, 0.2) is 0 Å². The first kappa shape index (κ1) is 13.7. The van der Waals surface area contributed by atoms with Crippen LogP contribution in [-0.2, 0) is 6.42 Å². The van der Waals surface area contributed by atoms with Gasteiger partial charge < -0.3 is 9.80 Å². The fourth-order valence-electron chi connectivity index (χ4n) is 2.77. The van der Waals surface area contributed by atoms with E-state index in [1.165, 1.54) is 12.8 Å². The van der Waals surface area contributed by atoms with E-state index in [1.807, 2.05) is 0 Å². The van der Waals surface area contributed by atoms with Crippen LogP contribution in [0.1, 0.15) is 31.7 Å². The Hall–Kier alpha value is -0.680. The predicted octanol–water partition coefficient (Wildman–Crippen LogP) is 2.27. The molecule has 0 saturated carbocycles. The maximum absolute atomic E-state index is 4.33. The third-order valence-corrected chi connectivity index (χ3v) is 4.89. The molecule has 0 aromatic carbocycles. The molecule has 1 saturated heterocycles. The largest absolute Gasteiger partial charge is 0.345 e. The average Bonchev–Trinajstić information content (AvgIpc) is 2.94. The summed E-state index contributed by atoms with van der Waals surface area (Å²) in [5, 5.41) is 10.8. The van der Waals surface area contributed by atoms with Gasteiger partial charge in [0.2, 0.25) is 5.13 Å². The first-order valence-corrected chi connectivity index (χ1v) is 7.71. The van der Waals surface area contributed by atoms with Gasteiger partial charge >= 0.3 is 0 Å². The lowest BCUT2D eigenvalue weighted by Gasteiger charge is -2.24. The second-order valence-corrected chi connectivity index (χ2v) is 6.36. The van der Waals surface area contributed by atoms with Crippen molar-refractivity contribution in [2.24, 2.45) is 5.92 Å². The molecule has 0 aliphatic carbocycles. The monoisotopic (exact) mass is 268 g/mol. The number of hydrogen-bond acceptors (Lipinski definition) is 5. The number of aryl methyl sites for hydroxylation is 1. The highest BCUT2D eigenvalue weighted by Crippen LogP contribution is 2.30. The second kappa shape index (κ2) is 5.97. The van der Waals surface area contributed by atoms with Crippen LogP contribution in [0.5, 0.6) is 0 Å². The van der Waals surface area contributed by atoms with Crippen molar-refractivity contribution in [3.8, 4) is 0 Å². The molecule has 0 bridgehead atoms. The number of anilines is 1. The van der Waals surface area contributed by atoms with Crippen LogP contribution in [0.4, 0.5) is 5.13 Å². The fraction of sp³-hybridized carbons (Fsp3) is 0.846. The Labute approximate surface area is 114 Å². The van der Waals surface area contributed by atoms with Gasteiger partial charge in [0, 0.05) is 19.1 Å². The fourth-order valence-corrected chi connectivity index (χ4v) is 3.56. The van der Waals surface area contributed by atoms with E-state index < -0.39 is 0 Å². The average molecular weight is 268 g/mol. The van der Waals surface area contributed by atoms with E-state index in [0.29, 0.717) is 6.04 Å².